The molecule has 0 saturated carbocycles. The zero-order chi connectivity index (χ0) is 23.0. The summed E-state index contributed by atoms with van der Waals surface area (Å²) in [5.74, 6) is 1.62. The number of aromatic nitrogens is 3. The van der Waals surface area contributed by atoms with Crippen LogP contribution in [0.4, 0.5) is 5.69 Å². The summed E-state index contributed by atoms with van der Waals surface area (Å²) in [5.41, 5.74) is 1.14. The van der Waals surface area contributed by atoms with E-state index in [1.54, 1.807) is 9.25 Å². The summed E-state index contributed by atoms with van der Waals surface area (Å²) >= 11 is 6.13. The minimum absolute atomic E-state index is 0. The van der Waals surface area contributed by atoms with E-state index in [2.05, 4.69) is 21.0 Å². The number of benzene rings is 2. The smallest absolute Gasteiger partial charge is 0.346 e. The van der Waals surface area contributed by atoms with Gasteiger partial charge in [-0.3, -0.25) is 9.47 Å². The molecule has 1 fully saturated rings. The van der Waals surface area contributed by atoms with E-state index in [4.69, 9.17) is 16.3 Å². The van der Waals surface area contributed by atoms with Crippen LogP contribution in [0.15, 0.2) is 59.4 Å². The molecule has 34 heavy (non-hydrogen) atoms. The lowest BCUT2D eigenvalue weighted by atomic mass is 10.2. The lowest BCUT2D eigenvalue weighted by molar-refractivity contribution is 0.248. The van der Waals surface area contributed by atoms with E-state index in [0.717, 1.165) is 62.2 Å². The van der Waals surface area contributed by atoms with E-state index in [-0.39, 0.29) is 18.1 Å². The Morgan fingerprint density at radius 3 is 2.44 bits per heavy atom. The Hall–Kier alpha value is -2.48. The van der Waals surface area contributed by atoms with Gasteiger partial charge in [-0.15, -0.1) is 12.4 Å². The number of aryl methyl sites for hydroxylation is 2. The molecule has 0 unspecified atom stereocenters. The highest BCUT2D eigenvalue weighted by atomic mass is 35.5. The SMILES string of the molecule is CCc1nn(CCCN2CCN(c3cccc(Cl)c3)CC2)c(=O)n1CCOc1ccccc1.Cl. The van der Waals surface area contributed by atoms with Gasteiger partial charge in [0.05, 0.1) is 6.54 Å². The van der Waals surface area contributed by atoms with Gasteiger partial charge in [-0.2, -0.15) is 5.10 Å². The third-order valence-electron chi connectivity index (χ3n) is 6.03. The Morgan fingerprint density at radius 2 is 1.74 bits per heavy atom. The maximum atomic E-state index is 12.9. The summed E-state index contributed by atoms with van der Waals surface area (Å²) in [6.07, 6.45) is 1.62. The molecule has 1 aliphatic rings. The van der Waals surface area contributed by atoms with E-state index in [0.29, 0.717) is 19.7 Å². The van der Waals surface area contributed by atoms with Crippen LogP contribution in [0.25, 0.3) is 0 Å². The van der Waals surface area contributed by atoms with Crippen LogP contribution in [0.5, 0.6) is 5.75 Å². The van der Waals surface area contributed by atoms with Gasteiger partial charge in [-0.25, -0.2) is 9.48 Å². The molecular weight excluding hydrogens is 473 g/mol. The average molecular weight is 506 g/mol. The van der Waals surface area contributed by atoms with Crippen LogP contribution < -0.4 is 15.3 Å². The molecule has 4 rings (SSSR count). The summed E-state index contributed by atoms with van der Waals surface area (Å²) < 4.78 is 9.12. The van der Waals surface area contributed by atoms with E-state index in [1.165, 1.54) is 5.69 Å². The number of ether oxygens (including phenoxy) is 1. The number of anilines is 1. The van der Waals surface area contributed by atoms with Crippen LogP contribution in [-0.2, 0) is 19.5 Å². The molecule has 1 aliphatic heterocycles. The minimum Gasteiger partial charge on any atom is -0.492 e. The van der Waals surface area contributed by atoms with E-state index < -0.39 is 0 Å². The lowest BCUT2D eigenvalue weighted by Gasteiger charge is -2.36. The molecule has 0 amide bonds. The van der Waals surface area contributed by atoms with Crippen LogP contribution in [-0.4, -0.2) is 58.6 Å². The Kier molecular flexibility index (Phi) is 9.86. The van der Waals surface area contributed by atoms with Crippen molar-refractivity contribution < 1.29 is 4.74 Å². The molecule has 0 aliphatic carbocycles. The van der Waals surface area contributed by atoms with Crippen molar-refractivity contribution in [3.05, 3.63) is 75.9 Å². The predicted octanol–water partition coefficient (Wildman–Crippen LogP) is 3.97. The first-order valence-electron chi connectivity index (χ1n) is 11.7. The number of halogens is 2. The fraction of sp³-hybridized carbons (Fsp3) is 0.440. The topological polar surface area (TPSA) is 55.5 Å². The normalized spacial score (nSPS) is 14.1. The maximum absolute atomic E-state index is 12.9. The van der Waals surface area contributed by atoms with Gasteiger partial charge in [0, 0.05) is 56.4 Å². The Balaban J connectivity index is 0.00000324. The van der Waals surface area contributed by atoms with Crippen molar-refractivity contribution in [2.75, 3.05) is 44.2 Å². The van der Waals surface area contributed by atoms with Crippen molar-refractivity contribution >= 4 is 29.7 Å². The van der Waals surface area contributed by atoms with Gasteiger partial charge in [0.1, 0.15) is 18.2 Å². The Labute approximate surface area is 212 Å². The van der Waals surface area contributed by atoms with Crippen LogP contribution in [0.3, 0.4) is 0 Å². The fourth-order valence-electron chi connectivity index (χ4n) is 4.24. The molecule has 0 N–H and O–H groups in total. The number of piperazine rings is 1. The number of rotatable bonds is 10. The molecule has 0 bridgehead atoms. The maximum Gasteiger partial charge on any atom is 0.346 e. The summed E-state index contributed by atoms with van der Waals surface area (Å²) in [7, 11) is 0. The zero-order valence-corrected chi connectivity index (χ0v) is 21.2. The molecule has 7 nitrogen and oxygen atoms in total. The second kappa shape index (κ2) is 12.8. The van der Waals surface area contributed by atoms with Crippen LogP contribution in [0.2, 0.25) is 5.02 Å². The quantitative estimate of drug-likeness (QED) is 0.417. The second-order valence-corrected chi connectivity index (χ2v) is 8.69. The first-order chi connectivity index (χ1) is 16.1. The zero-order valence-electron chi connectivity index (χ0n) is 19.6. The predicted molar refractivity (Wildman–Crippen MR) is 140 cm³/mol. The largest absolute Gasteiger partial charge is 0.492 e. The Bertz CT molecular complexity index is 1080. The van der Waals surface area contributed by atoms with Crippen molar-refractivity contribution in [3.63, 3.8) is 0 Å². The number of para-hydroxylation sites is 1. The van der Waals surface area contributed by atoms with Crippen molar-refractivity contribution in [1.82, 2.24) is 19.2 Å². The molecule has 2 aromatic carbocycles. The standard InChI is InChI=1S/C25H32ClN5O2.ClH/c1-2-24-27-31(25(32)30(24)18-19-33-23-10-4-3-5-11-23)13-7-12-28-14-16-29(17-15-28)22-9-6-8-21(26)20-22;/h3-6,8-11,20H,2,7,12-19H2,1H3;1H. The number of hydrogen-bond donors (Lipinski definition) is 0. The van der Waals surface area contributed by atoms with Gasteiger partial charge < -0.3 is 9.64 Å². The van der Waals surface area contributed by atoms with Gasteiger partial charge in [-0.05, 0) is 36.8 Å². The van der Waals surface area contributed by atoms with Crippen LogP contribution in [0, 0.1) is 0 Å². The second-order valence-electron chi connectivity index (χ2n) is 8.25. The molecule has 0 atom stereocenters. The third kappa shape index (κ3) is 6.78. The molecule has 1 saturated heterocycles. The fourth-order valence-corrected chi connectivity index (χ4v) is 4.42. The molecule has 1 aromatic heterocycles. The molecule has 0 spiro atoms. The molecule has 3 aromatic rings. The molecule has 184 valence electrons. The highest BCUT2D eigenvalue weighted by Gasteiger charge is 2.18. The Morgan fingerprint density at radius 1 is 0.971 bits per heavy atom. The van der Waals surface area contributed by atoms with Gasteiger partial charge in [-0.1, -0.05) is 42.8 Å². The first-order valence-corrected chi connectivity index (χ1v) is 12.1. The van der Waals surface area contributed by atoms with Crippen molar-refractivity contribution in [2.45, 2.75) is 32.9 Å². The van der Waals surface area contributed by atoms with Crippen LogP contribution in [0.1, 0.15) is 19.2 Å². The molecule has 9 heteroatoms. The van der Waals surface area contributed by atoms with E-state index >= 15 is 0 Å². The molecule has 0 radical (unpaired) electrons. The lowest BCUT2D eigenvalue weighted by Crippen LogP contribution is -2.46. The van der Waals surface area contributed by atoms with E-state index in [1.807, 2.05) is 55.5 Å². The first kappa shape index (κ1) is 26.1. The van der Waals surface area contributed by atoms with Crippen molar-refractivity contribution in [2.24, 2.45) is 0 Å². The van der Waals surface area contributed by atoms with E-state index in [9.17, 15) is 4.79 Å². The molecule has 2 heterocycles. The van der Waals surface area contributed by atoms with Gasteiger partial charge in [0.15, 0.2) is 0 Å². The number of hydrogen-bond acceptors (Lipinski definition) is 5. The summed E-state index contributed by atoms with van der Waals surface area (Å²) in [5, 5.41) is 5.34. The average Bonchev–Trinajstić information content (AvgIpc) is 3.15. The molecular formula is C25H33Cl2N5O2. The van der Waals surface area contributed by atoms with Gasteiger partial charge >= 0.3 is 5.69 Å². The van der Waals surface area contributed by atoms with Gasteiger partial charge in [0.2, 0.25) is 0 Å². The number of nitrogens with zero attached hydrogens (tertiary/aromatic N) is 5. The van der Waals surface area contributed by atoms with Gasteiger partial charge in [0.25, 0.3) is 0 Å². The highest BCUT2D eigenvalue weighted by molar-refractivity contribution is 6.30. The van der Waals surface area contributed by atoms with Crippen LogP contribution >= 0.6 is 24.0 Å². The monoisotopic (exact) mass is 505 g/mol. The van der Waals surface area contributed by atoms with Crippen molar-refractivity contribution in [3.8, 4) is 5.75 Å². The van der Waals surface area contributed by atoms with Crippen molar-refractivity contribution in [1.29, 1.82) is 0 Å². The minimum atomic E-state index is -0.0470. The third-order valence-corrected chi connectivity index (χ3v) is 6.27. The summed E-state index contributed by atoms with van der Waals surface area (Å²) in [6, 6.07) is 17.7. The summed E-state index contributed by atoms with van der Waals surface area (Å²) in [6.45, 7) is 8.54. The highest BCUT2D eigenvalue weighted by Crippen LogP contribution is 2.20. The summed E-state index contributed by atoms with van der Waals surface area (Å²) in [4.78, 5) is 17.7.